The summed E-state index contributed by atoms with van der Waals surface area (Å²) >= 11 is 0. The molecule has 0 unspecified atom stereocenters. The first kappa shape index (κ1) is 14.4. The molecule has 0 aliphatic carbocycles. The number of ether oxygens (including phenoxy) is 1. The van der Waals surface area contributed by atoms with E-state index in [1.165, 1.54) is 25.7 Å². The van der Waals surface area contributed by atoms with Crippen molar-refractivity contribution in [3.05, 3.63) is 0 Å². The standard InChI is InChI=1S/C12H24O3/c1-2-3-4-5-6-7-11-15-12(14)9-8-10-13/h13H,2-11H2,1H3. The molecule has 0 heterocycles. The van der Waals surface area contributed by atoms with E-state index in [4.69, 9.17) is 9.84 Å². The molecule has 3 nitrogen and oxygen atoms in total. The molecule has 0 amide bonds. The van der Waals surface area contributed by atoms with Gasteiger partial charge in [-0.05, 0) is 12.8 Å². The summed E-state index contributed by atoms with van der Waals surface area (Å²) in [5.41, 5.74) is 0. The first-order valence-corrected chi connectivity index (χ1v) is 6.07. The molecular weight excluding hydrogens is 192 g/mol. The van der Waals surface area contributed by atoms with Crippen molar-refractivity contribution in [3.8, 4) is 0 Å². The number of hydrogen-bond acceptors (Lipinski definition) is 3. The minimum atomic E-state index is -0.183. The van der Waals surface area contributed by atoms with E-state index in [9.17, 15) is 4.79 Å². The highest BCUT2D eigenvalue weighted by molar-refractivity contribution is 5.69. The smallest absolute Gasteiger partial charge is 0.305 e. The van der Waals surface area contributed by atoms with E-state index in [2.05, 4.69) is 6.92 Å². The lowest BCUT2D eigenvalue weighted by Crippen LogP contribution is -2.06. The number of hydrogen-bond donors (Lipinski definition) is 1. The minimum Gasteiger partial charge on any atom is -0.466 e. The third kappa shape index (κ3) is 11.4. The van der Waals surface area contributed by atoms with Gasteiger partial charge >= 0.3 is 5.97 Å². The summed E-state index contributed by atoms with van der Waals surface area (Å²) in [6.45, 7) is 2.80. The molecule has 0 spiro atoms. The number of esters is 1. The van der Waals surface area contributed by atoms with Crippen molar-refractivity contribution in [3.63, 3.8) is 0 Å². The summed E-state index contributed by atoms with van der Waals surface area (Å²) in [6.07, 6.45) is 8.05. The van der Waals surface area contributed by atoms with E-state index in [1.54, 1.807) is 0 Å². The zero-order valence-corrected chi connectivity index (χ0v) is 9.83. The number of carbonyl (C=O) groups is 1. The lowest BCUT2D eigenvalue weighted by atomic mass is 10.1. The maximum Gasteiger partial charge on any atom is 0.305 e. The van der Waals surface area contributed by atoms with E-state index >= 15 is 0 Å². The topological polar surface area (TPSA) is 46.5 Å². The van der Waals surface area contributed by atoms with Crippen LogP contribution in [0.2, 0.25) is 0 Å². The molecule has 90 valence electrons. The number of aliphatic hydroxyl groups is 1. The van der Waals surface area contributed by atoms with Crippen molar-refractivity contribution in [2.24, 2.45) is 0 Å². The Balaban J connectivity index is 3.06. The van der Waals surface area contributed by atoms with Crippen molar-refractivity contribution in [2.45, 2.75) is 58.3 Å². The molecule has 1 N–H and O–H groups in total. The highest BCUT2D eigenvalue weighted by atomic mass is 16.5. The predicted octanol–water partition coefficient (Wildman–Crippen LogP) is 2.66. The van der Waals surface area contributed by atoms with Gasteiger partial charge in [0.25, 0.3) is 0 Å². The second-order valence-electron chi connectivity index (χ2n) is 3.82. The van der Waals surface area contributed by atoms with Crippen molar-refractivity contribution in [2.75, 3.05) is 13.2 Å². The molecule has 0 rings (SSSR count). The van der Waals surface area contributed by atoms with Gasteiger partial charge in [0, 0.05) is 13.0 Å². The highest BCUT2D eigenvalue weighted by Crippen LogP contribution is 2.05. The normalized spacial score (nSPS) is 10.3. The van der Waals surface area contributed by atoms with Gasteiger partial charge in [0.15, 0.2) is 0 Å². The van der Waals surface area contributed by atoms with Crippen LogP contribution in [0.15, 0.2) is 0 Å². The predicted molar refractivity (Wildman–Crippen MR) is 60.7 cm³/mol. The van der Waals surface area contributed by atoms with Gasteiger partial charge in [-0.1, -0.05) is 39.0 Å². The van der Waals surface area contributed by atoms with E-state index in [1.807, 2.05) is 0 Å². The third-order valence-corrected chi connectivity index (χ3v) is 2.30. The molecular formula is C12H24O3. The second kappa shape index (κ2) is 11.5. The molecule has 0 atom stereocenters. The summed E-state index contributed by atoms with van der Waals surface area (Å²) in [6, 6.07) is 0. The fraction of sp³-hybridized carbons (Fsp3) is 0.917. The van der Waals surface area contributed by atoms with Gasteiger partial charge in [-0.15, -0.1) is 0 Å². The lowest BCUT2D eigenvalue weighted by molar-refractivity contribution is -0.144. The van der Waals surface area contributed by atoms with Crippen LogP contribution in [0.1, 0.15) is 58.3 Å². The fourth-order valence-electron chi connectivity index (χ4n) is 1.36. The van der Waals surface area contributed by atoms with Gasteiger partial charge in [0.05, 0.1) is 6.61 Å². The Morgan fingerprint density at radius 2 is 1.73 bits per heavy atom. The van der Waals surface area contributed by atoms with Crippen LogP contribution in [0.25, 0.3) is 0 Å². The number of aliphatic hydroxyl groups excluding tert-OH is 1. The summed E-state index contributed by atoms with van der Waals surface area (Å²) in [7, 11) is 0. The van der Waals surface area contributed by atoms with Crippen LogP contribution in [-0.4, -0.2) is 24.3 Å². The number of unbranched alkanes of at least 4 members (excludes halogenated alkanes) is 5. The van der Waals surface area contributed by atoms with Crippen molar-refractivity contribution >= 4 is 5.97 Å². The van der Waals surface area contributed by atoms with Gasteiger partial charge in [0.2, 0.25) is 0 Å². The SMILES string of the molecule is CCCCCCCCOC(=O)CCCO. The molecule has 3 heteroatoms. The van der Waals surface area contributed by atoms with Gasteiger partial charge in [-0.2, -0.15) is 0 Å². The molecule has 0 fully saturated rings. The van der Waals surface area contributed by atoms with E-state index in [-0.39, 0.29) is 12.6 Å². The van der Waals surface area contributed by atoms with Gasteiger partial charge < -0.3 is 9.84 Å². The maximum atomic E-state index is 11.0. The number of carbonyl (C=O) groups excluding carboxylic acids is 1. The zero-order chi connectivity index (χ0) is 11.4. The third-order valence-electron chi connectivity index (χ3n) is 2.30. The molecule has 0 bridgehead atoms. The quantitative estimate of drug-likeness (QED) is 0.451. The molecule has 0 aromatic rings. The molecule has 0 aliphatic heterocycles. The fourth-order valence-corrected chi connectivity index (χ4v) is 1.36. The summed E-state index contributed by atoms with van der Waals surface area (Å²) in [5, 5.41) is 8.50. The average molecular weight is 216 g/mol. The zero-order valence-electron chi connectivity index (χ0n) is 9.83. The molecule has 0 radical (unpaired) electrons. The van der Waals surface area contributed by atoms with Gasteiger partial charge in [-0.3, -0.25) is 4.79 Å². The molecule has 0 aromatic carbocycles. The van der Waals surface area contributed by atoms with Crippen LogP contribution in [0.4, 0.5) is 0 Å². The maximum absolute atomic E-state index is 11.0. The van der Waals surface area contributed by atoms with Crippen molar-refractivity contribution < 1.29 is 14.6 Å². The average Bonchev–Trinajstić information content (AvgIpc) is 2.25. The molecule has 0 saturated carbocycles. The highest BCUT2D eigenvalue weighted by Gasteiger charge is 2.00. The van der Waals surface area contributed by atoms with Crippen LogP contribution in [0.5, 0.6) is 0 Å². The van der Waals surface area contributed by atoms with Crippen LogP contribution in [0, 0.1) is 0 Å². The Labute approximate surface area is 92.8 Å². The van der Waals surface area contributed by atoms with Gasteiger partial charge in [-0.25, -0.2) is 0 Å². The van der Waals surface area contributed by atoms with E-state index in [0.29, 0.717) is 19.4 Å². The van der Waals surface area contributed by atoms with Crippen molar-refractivity contribution in [1.82, 2.24) is 0 Å². The Morgan fingerprint density at radius 1 is 1.07 bits per heavy atom. The second-order valence-corrected chi connectivity index (χ2v) is 3.82. The Morgan fingerprint density at radius 3 is 2.40 bits per heavy atom. The molecule has 0 aliphatic rings. The molecule has 15 heavy (non-hydrogen) atoms. The summed E-state index contributed by atoms with van der Waals surface area (Å²) < 4.78 is 5.00. The summed E-state index contributed by atoms with van der Waals surface area (Å²) in [5.74, 6) is -0.183. The largest absolute Gasteiger partial charge is 0.466 e. The van der Waals surface area contributed by atoms with E-state index < -0.39 is 0 Å². The first-order valence-electron chi connectivity index (χ1n) is 6.07. The summed E-state index contributed by atoms with van der Waals surface area (Å²) in [4.78, 5) is 11.0. The lowest BCUT2D eigenvalue weighted by Gasteiger charge is -2.03. The first-order chi connectivity index (χ1) is 7.31. The van der Waals surface area contributed by atoms with Crippen LogP contribution < -0.4 is 0 Å². The number of rotatable bonds is 10. The monoisotopic (exact) mass is 216 g/mol. The Hall–Kier alpha value is -0.570. The van der Waals surface area contributed by atoms with Crippen LogP contribution in [0.3, 0.4) is 0 Å². The molecule has 0 saturated heterocycles. The van der Waals surface area contributed by atoms with Crippen LogP contribution in [-0.2, 0) is 9.53 Å². The minimum absolute atomic E-state index is 0.0616. The van der Waals surface area contributed by atoms with Crippen molar-refractivity contribution in [1.29, 1.82) is 0 Å². The molecule has 0 aromatic heterocycles. The van der Waals surface area contributed by atoms with Crippen LogP contribution >= 0.6 is 0 Å². The Kier molecular flexibility index (Phi) is 11.1. The van der Waals surface area contributed by atoms with E-state index in [0.717, 1.165) is 12.8 Å². The van der Waals surface area contributed by atoms with Gasteiger partial charge in [0.1, 0.15) is 0 Å². The Bertz CT molecular complexity index is 146.